The lowest BCUT2D eigenvalue weighted by molar-refractivity contribution is -0.0394. The van der Waals surface area contributed by atoms with Gasteiger partial charge in [0.1, 0.15) is 12.0 Å². The molecule has 0 N–H and O–H groups in total. The Kier molecular flexibility index (Phi) is 4.52. The lowest BCUT2D eigenvalue weighted by atomic mass is 10.2. The van der Waals surface area contributed by atoms with Crippen molar-refractivity contribution >= 4 is 0 Å². The molecule has 1 aliphatic rings. The van der Waals surface area contributed by atoms with Crippen LogP contribution in [0.25, 0.3) is 11.1 Å². The maximum Gasteiger partial charge on any atom is 0.150 e. The van der Waals surface area contributed by atoms with Crippen molar-refractivity contribution in [1.29, 1.82) is 0 Å². The fourth-order valence-corrected chi connectivity index (χ4v) is 3.09. The van der Waals surface area contributed by atoms with Gasteiger partial charge in [-0.2, -0.15) is 10.2 Å². The molecule has 0 bridgehead atoms. The molecular formula is C19H22N4O2. The molecule has 6 heteroatoms. The molecule has 0 spiro atoms. The molecule has 0 saturated carbocycles. The van der Waals surface area contributed by atoms with Crippen LogP contribution in [-0.2, 0) is 11.3 Å². The first-order chi connectivity index (χ1) is 12.3. The number of ether oxygens (including phenoxy) is 2. The summed E-state index contributed by atoms with van der Waals surface area (Å²) in [6.07, 6.45) is 11.3. The van der Waals surface area contributed by atoms with Crippen LogP contribution in [0.1, 0.15) is 31.1 Å². The van der Waals surface area contributed by atoms with Gasteiger partial charge < -0.3 is 9.47 Å². The van der Waals surface area contributed by atoms with E-state index in [9.17, 15) is 0 Å². The van der Waals surface area contributed by atoms with E-state index in [0.29, 0.717) is 0 Å². The Labute approximate surface area is 147 Å². The van der Waals surface area contributed by atoms with Crippen molar-refractivity contribution in [1.82, 2.24) is 19.6 Å². The van der Waals surface area contributed by atoms with E-state index in [2.05, 4.69) is 22.3 Å². The van der Waals surface area contributed by atoms with Gasteiger partial charge in [0, 0.05) is 30.1 Å². The topological polar surface area (TPSA) is 54.1 Å². The predicted molar refractivity (Wildman–Crippen MR) is 94.4 cm³/mol. The number of hydrogen-bond donors (Lipinski definition) is 0. The molecule has 1 atom stereocenters. The third kappa shape index (κ3) is 3.58. The quantitative estimate of drug-likeness (QED) is 0.714. The summed E-state index contributed by atoms with van der Waals surface area (Å²) in [7, 11) is 1.67. The highest BCUT2D eigenvalue weighted by Crippen LogP contribution is 2.25. The normalized spacial score (nSPS) is 17.6. The number of aromatic nitrogens is 4. The van der Waals surface area contributed by atoms with Crippen molar-refractivity contribution in [3.05, 3.63) is 54.6 Å². The average molecular weight is 338 g/mol. The van der Waals surface area contributed by atoms with Gasteiger partial charge in [-0.15, -0.1) is 0 Å². The van der Waals surface area contributed by atoms with Crippen LogP contribution in [0.15, 0.2) is 49.1 Å². The van der Waals surface area contributed by atoms with Crippen LogP contribution >= 0.6 is 0 Å². The maximum atomic E-state index is 5.79. The van der Waals surface area contributed by atoms with E-state index in [1.54, 1.807) is 7.11 Å². The van der Waals surface area contributed by atoms with Gasteiger partial charge in [0.05, 0.1) is 26.0 Å². The summed E-state index contributed by atoms with van der Waals surface area (Å²) >= 11 is 0. The smallest absolute Gasteiger partial charge is 0.150 e. The highest BCUT2D eigenvalue weighted by Gasteiger charge is 2.17. The Hall–Kier alpha value is -2.60. The molecule has 3 aromatic rings. The van der Waals surface area contributed by atoms with Gasteiger partial charge in [-0.3, -0.25) is 4.68 Å². The largest absolute Gasteiger partial charge is 0.497 e. The first-order valence-corrected chi connectivity index (χ1v) is 8.63. The highest BCUT2D eigenvalue weighted by atomic mass is 16.5. The fourth-order valence-electron chi connectivity index (χ4n) is 3.09. The van der Waals surface area contributed by atoms with Crippen molar-refractivity contribution in [3.8, 4) is 16.9 Å². The minimum atomic E-state index is 0.0665. The Morgan fingerprint density at radius 1 is 1.08 bits per heavy atom. The maximum absolute atomic E-state index is 5.79. The van der Waals surface area contributed by atoms with Gasteiger partial charge in [0.2, 0.25) is 0 Å². The molecule has 0 aliphatic carbocycles. The third-order valence-electron chi connectivity index (χ3n) is 4.52. The second-order valence-corrected chi connectivity index (χ2v) is 6.30. The zero-order valence-electron chi connectivity index (χ0n) is 14.3. The second-order valence-electron chi connectivity index (χ2n) is 6.30. The van der Waals surface area contributed by atoms with Gasteiger partial charge in [0.25, 0.3) is 0 Å². The molecule has 0 unspecified atom stereocenters. The zero-order chi connectivity index (χ0) is 17.1. The number of methoxy groups -OCH3 is 1. The van der Waals surface area contributed by atoms with E-state index in [0.717, 1.165) is 42.9 Å². The van der Waals surface area contributed by atoms with Crippen molar-refractivity contribution in [2.24, 2.45) is 0 Å². The summed E-state index contributed by atoms with van der Waals surface area (Å²) in [5, 5.41) is 8.94. The average Bonchev–Trinajstić information content (AvgIpc) is 3.32. The molecule has 2 aromatic heterocycles. The summed E-state index contributed by atoms with van der Waals surface area (Å²) in [4.78, 5) is 0. The summed E-state index contributed by atoms with van der Waals surface area (Å²) in [5.41, 5.74) is 3.31. The highest BCUT2D eigenvalue weighted by molar-refractivity contribution is 5.59. The molecule has 3 heterocycles. The van der Waals surface area contributed by atoms with Crippen molar-refractivity contribution in [2.45, 2.75) is 32.0 Å². The number of rotatable bonds is 5. The molecule has 1 aliphatic heterocycles. The summed E-state index contributed by atoms with van der Waals surface area (Å²) in [5.74, 6) is 0.863. The summed E-state index contributed by atoms with van der Waals surface area (Å²) < 4.78 is 14.8. The third-order valence-corrected chi connectivity index (χ3v) is 4.52. The van der Waals surface area contributed by atoms with E-state index in [1.165, 1.54) is 12.0 Å². The Morgan fingerprint density at radius 2 is 1.88 bits per heavy atom. The minimum Gasteiger partial charge on any atom is -0.497 e. The molecule has 4 rings (SSSR count). The summed E-state index contributed by atoms with van der Waals surface area (Å²) in [6.45, 7) is 1.55. The molecular weight excluding hydrogens is 316 g/mol. The summed E-state index contributed by atoms with van der Waals surface area (Å²) in [6, 6.07) is 8.04. The first kappa shape index (κ1) is 15.9. The first-order valence-electron chi connectivity index (χ1n) is 8.63. The van der Waals surface area contributed by atoms with E-state index in [1.807, 2.05) is 46.3 Å². The van der Waals surface area contributed by atoms with Crippen LogP contribution in [0.3, 0.4) is 0 Å². The standard InChI is InChI=1S/C19H22N4O2/c1-24-18-7-5-15(6-8-18)12-22-13-16(10-20-22)17-11-21-23(14-17)19-4-2-3-9-25-19/h5-8,10-11,13-14,19H,2-4,9,12H2,1H3/t19-/m0/s1. The van der Waals surface area contributed by atoms with E-state index >= 15 is 0 Å². The Morgan fingerprint density at radius 3 is 2.64 bits per heavy atom. The SMILES string of the molecule is COc1ccc(Cn2cc(-c3cnn([C@@H]4CCCCO4)c3)cn2)cc1. The zero-order valence-corrected chi connectivity index (χ0v) is 14.3. The molecule has 1 saturated heterocycles. The Balaban J connectivity index is 1.46. The number of benzene rings is 1. The van der Waals surface area contributed by atoms with E-state index in [-0.39, 0.29) is 6.23 Å². The van der Waals surface area contributed by atoms with Crippen LogP contribution in [0.2, 0.25) is 0 Å². The van der Waals surface area contributed by atoms with Crippen molar-refractivity contribution in [3.63, 3.8) is 0 Å². The van der Waals surface area contributed by atoms with Crippen molar-refractivity contribution < 1.29 is 9.47 Å². The second kappa shape index (κ2) is 7.11. The van der Waals surface area contributed by atoms with E-state index in [4.69, 9.17) is 9.47 Å². The van der Waals surface area contributed by atoms with Gasteiger partial charge in [0.15, 0.2) is 0 Å². The van der Waals surface area contributed by atoms with E-state index < -0.39 is 0 Å². The number of nitrogens with zero attached hydrogens (tertiary/aromatic N) is 4. The fraction of sp³-hybridized carbons (Fsp3) is 0.368. The van der Waals surface area contributed by atoms with Crippen molar-refractivity contribution in [2.75, 3.05) is 13.7 Å². The molecule has 0 radical (unpaired) electrons. The minimum absolute atomic E-state index is 0.0665. The molecule has 1 aromatic carbocycles. The monoisotopic (exact) mass is 338 g/mol. The van der Waals surface area contributed by atoms with Crippen LogP contribution in [-0.4, -0.2) is 33.3 Å². The lowest BCUT2D eigenvalue weighted by Gasteiger charge is -2.22. The molecule has 6 nitrogen and oxygen atoms in total. The van der Waals surface area contributed by atoms with Gasteiger partial charge in [-0.05, 0) is 37.0 Å². The van der Waals surface area contributed by atoms with Crippen LogP contribution in [0.4, 0.5) is 0 Å². The van der Waals surface area contributed by atoms with Gasteiger partial charge >= 0.3 is 0 Å². The van der Waals surface area contributed by atoms with Crippen LogP contribution in [0.5, 0.6) is 5.75 Å². The Bertz CT molecular complexity index is 816. The predicted octanol–water partition coefficient (Wildman–Crippen LogP) is 3.50. The van der Waals surface area contributed by atoms with Gasteiger partial charge in [-0.1, -0.05) is 12.1 Å². The van der Waals surface area contributed by atoms with Crippen LogP contribution in [0, 0.1) is 0 Å². The molecule has 25 heavy (non-hydrogen) atoms. The lowest BCUT2D eigenvalue weighted by Crippen LogP contribution is -2.18. The molecule has 130 valence electrons. The molecule has 0 amide bonds. The van der Waals surface area contributed by atoms with Crippen LogP contribution < -0.4 is 4.74 Å². The molecule has 1 fully saturated rings. The number of hydrogen-bond acceptors (Lipinski definition) is 4. The van der Waals surface area contributed by atoms with Gasteiger partial charge in [-0.25, -0.2) is 4.68 Å².